The van der Waals surface area contributed by atoms with Gasteiger partial charge in [0.1, 0.15) is 11.9 Å². The third-order valence-corrected chi connectivity index (χ3v) is 5.08. The Hall–Kier alpha value is -1.70. The zero-order valence-corrected chi connectivity index (χ0v) is 15.1. The van der Waals surface area contributed by atoms with Crippen molar-refractivity contribution in [1.29, 1.82) is 0 Å². The second-order valence-electron chi connectivity index (χ2n) is 7.01. The van der Waals surface area contributed by atoms with Crippen LogP contribution in [0.2, 0.25) is 5.02 Å². The van der Waals surface area contributed by atoms with Crippen LogP contribution in [-0.4, -0.2) is 53.6 Å². The summed E-state index contributed by atoms with van der Waals surface area (Å²) in [7, 11) is 0. The summed E-state index contributed by atoms with van der Waals surface area (Å²) in [6.07, 6.45) is 2.25. The zero-order chi connectivity index (χ0) is 18.7. The van der Waals surface area contributed by atoms with Crippen molar-refractivity contribution in [3.63, 3.8) is 0 Å². The van der Waals surface area contributed by atoms with Crippen molar-refractivity contribution < 1.29 is 19.1 Å². The van der Waals surface area contributed by atoms with Gasteiger partial charge in [-0.05, 0) is 62.9 Å². The van der Waals surface area contributed by atoms with Crippen LogP contribution in [0.1, 0.15) is 25.7 Å². The predicted octanol–water partition coefficient (Wildman–Crippen LogP) is 1.77. The Kier molecular flexibility index (Phi) is 6.11. The van der Waals surface area contributed by atoms with Gasteiger partial charge in [-0.1, -0.05) is 11.6 Å². The summed E-state index contributed by atoms with van der Waals surface area (Å²) in [6.45, 7) is 1.33. The molecule has 1 saturated heterocycles. The molecule has 142 valence electrons. The maximum absolute atomic E-state index is 13.7. The molecule has 2 aliphatic rings. The van der Waals surface area contributed by atoms with E-state index in [-0.39, 0.29) is 36.0 Å². The molecule has 0 spiro atoms. The fraction of sp³-hybridized carbons (Fsp3) is 0.556. The first-order valence-electron chi connectivity index (χ1n) is 8.88. The third-order valence-electron chi connectivity index (χ3n) is 4.84. The molecule has 1 atom stereocenters. The molecule has 1 aliphatic heterocycles. The van der Waals surface area contributed by atoms with Crippen molar-refractivity contribution in [3.8, 4) is 0 Å². The molecule has 1 aliphatic carbocycles. The minimum absolute atomic E-state index is 0.0598. The maximum Gasteiger partial charge on any atom is 0.249 e. The van der Waals surface area contributed by atoms with Crippen LogP contribution in [0.15, 0.2) is 18.2 Å². The number of likely N-dealkylation sites (tertiary alicyclic amines) is 1. The van der Waals surface area contributed by atoms with Crippen molar-refractivity contribution in [2.45, 2.75) is 37.8 Å². The molecular formula is C18H23ClFN3O3. The van der Waals surface area contributed by atoms with Crippen molar-refractivity contribution in [3.05, 3.63) is 29.0 Å². The van der Waals surface area contributed by atoms with E-state index in [0.29, 0.717) is 31.0 Å². The van der Waals surface area contributed by atoms with Crippen LogP contribution >= 0.6 is 11.6 Å². The van der Waals surface area contributed by atoms with Crippen LogP contribution in [0.25, 0.3) is 0 Å². The van der Waals surface area contributed by atoms with Crippen LogP contribution in [0.4, 0.5) is 10.1 Å². The standard InChI is InChI=1S/C18H23ClFN3O3/c19-12-1-4-14(20)15(9-12)22-16(24)10-23-7-5-11(6-8-23)17(25)18(26)21-13-2-3-13/h1,4,9,11,13,17,25H,2-3,5-8,10H2,(H,21,26)(H,22,24). The Labute approximate surface area is 156 Å². The van der Waals surface area contributed by atoms with E-state index in [0.717, 1.165) is 12.8 Å². The second kappa shape index (κ2) is 8.33. The summed E-state index contributed by atoms with van der Waals surface area (Å²) >= 11 is 5.81. The van der Waals surface area contributed by atoms with Crippen LogP contribution in [0.5, 0.6) is 0 Å². The van der Waals surface area contributed by atoms with Gasteiger partial charge in [0.15, 0.2) is 0 Å². The van der Waals surface area contributed by atoms with Crippen LogP contribution in [0, 0.1) is 11.7 Å². The van der Waals surface area contributed by atoms with Gasteiger partial charge in [0.25, 0.3) is 0 Å². The smallest absolute Gasteiger partial charge is 0.249 e. The van der Waals surface area contributed by atoms with Gasteiger partial charge in [-0.25, -0.2) is 4.39 Å². The molecule has 0 bridgehead atoms. The number of carbonyl (C=O) groups is 2. The maximum atomic E-state index is 13.7. The van der Waals surface area contributed by atoms with Gasteiger partial charge in [0.2, 0.25) is 11.8 Å². The summed E-state index contributed by atoms with van der Waals surface area (Å²) in [5.74, 6) is -1.25. The van der Waals surface area contributed by atoms with Crippen molar-refractivity contribution in [2.24, 2.45) is 5.92 Å². The van der Waals surface area contributed by atoms with Gasteiger partial charge in [-0.15, -0.1) is 0 Å². The predicted molar refractivity (Wildman–Crippen MR) is 96.4 cm³/mol. The van der Waals surface area contributed by atoms with Crippen LogP contribution in [0.3, 0.4) is 0 Å². The number of halogens is 2. The zero-order valence-electron chi connectivity index (χ0n) is 14.4. The Balaban J connectivity index is 1.43. The molecule has 3 N–H and O–H groups in total. The number of carbonyl (C=O) groups excluding carboxylic acids is 2. The van der Waals surface area contributed by atoms with E-state index < -0.39 is 11.9 Å². The highest BCUT2D eigenvalue weighted by molar-refractivity contribution is 6.30. The normalized spacial score (nSPS) is 19.8. The van der Waals surface area contributed by atoms with Crippen LogP contribution < -0.4 is 10.6 Å². The average molecular weight is 384 g/mol. The number of piperidine rings is 1. The van der Waals surface area contributed by atoms with Gasteiger partial charge in [-0.2, -0.15) is 0 Å². The number of aliphatic hydroxyl groups excluding tert-OH is 1. The number of hydrogen-bond donors (Lipinski definition) is 3. The Bertz CT molecular complexity index is 676. The molecule has 6 nitrogen and oxygen atoms in total. The average Bonchev–Trinajstić information content (AvgIpc) is 3.42. The molecule has 1 heterocycles. The molecule has 1 aromatic rings. The molecular weight excluding hydrogens is 361 g/mol. The summed E-state index contributed by atoms with van der Waals surface area (Å²) in [5, 5.41) is 15.9. The van der Waals surface area contributed by atoms with E-state index in [9.17, 15) is 19.1 Å². The molecule has 1 aromatic carbocycles. The van der Waals surface area contributed by atoms with E-state index in [2.05, 4.69) is 10.6 Å². The summed E-state index contributed by atoms with van der Waals surface area (Å²) in [5.41, 5.74) is 0.0598. The first-order valence-corrected chi connectivity index (χ1v) is 9.26. The number of anilines is 1. The van der Waals surface area contributed by atoms with Crippen LogP contribution in [-0.2, 0) is 9.59 Å². The Morgan fingerprint density at radius 2 is 1.96 bits per heavy atom. The molecule has 1 saturated carbocycles. The number of benzene rings is 1. The molecule has 8 heteroatoms. The number of nitrogens with one attached hydrogen (secondary N) is 2. The highest BCUT2D eigenvalue weighted by atomic mass is 35.5. The molecule has 0 aromatic heterocycles. The van der Waals surface area contributed by atoms with Gasteiger partial charge in [0.05, 0.1) is 12.2 Å². The molecule has 1 unspecified atom stereocenters. The summed E-state index contributed by atoms with van der Waals surface area (Å²) < 4.78 is 13.7. The minimum Gasteiger partial charge on any atom is -0.383 e. The lowest BCUT2D eigenvalue weighted by Crippen LogP contribution is -2.46. The largest absolute Gasteiger partial charge is 0.383 e. The van der Waals surface area contributed by atoms with Crippen molar-refractivity contribution in [2.75, 3.05) is 25.0 Å². The molecule has 26 heavy (non-hydrogen) atoms. The fourth-order valence-electron chi connectivity index (χ4n) is 3.14. The Morgan fingerprint density at radius 1 is 1.27 bits per heavy atom. The van der Waals surface area contributed by atoms with Gasteiger partial charge in [-0.3, -0.25) is 14.5 Å². The SMILES string of the molecule is O=C(CN1CCC(C(O)C(=O)NC2CC2)CC1)Nc1cc(Cl)ccc1F. The molecule has 3 rings (SSSR count). The fourth-order valence-corrected chi connectivity index (χ4v) is 3.31. The lowest BCUT2D eigenvalue weighted by molar-refractivity contribution is -0.133. The van der Waals surface area contributed by atoms with Gasteiger partial charge < -0.3 is 15.7 Å². The third kappa shape index (κ3) is 5.16. The number of rotatable bonds is 6. The van der Waals surface area contributed by atoms with Gasteiger partial charge >= 0.3 is 0 Å². The second-order valence-corrected chi connectivity index (χ2v) is 7.45. The lowest BCUT2D eigenvalue weighted by Gasteiger charge is -2.33. The van der Waals surface area contributed by atoms with E-state index in [1.807, 2.05) is 4.90 Å². The summed E-state index contributed by atoms with van der Waals surface area (Å²) in [4.78, 5) is 26.0. The monoisotopic (exact) mass is 383 g/mol. The number of nitrogens with zero attached hydrogens (tertiary/aromatic N) is 1. The number of amides is 2. The molecule has 2 fully saturated rings. The van der Waals surface area contributed by atoms with E-state index in [4.69, 9.17) is 11.6 Å². The van der Waals surface area contributed by atoms with Crippen molar-refractivity contribution >= 4 is 29.1 Å². The molecule has 2 amide bonds. The number of hydrogen-bond acceptors (Lipinski definition) is 4. The minimum atomic E-state index is -0.993. The highest BCUT2D eigenvalue weighted by Gasteiger charge is 2.33. The molecule has 0 radical (unpaired) electrons. The highest BCUT2D eigenvalue weighted by Crippen LogP contribution is 2.24. The van der Waals surface area contributed by atoms with E-state index in [1.54, 1.807) is 0 Å². The Morgan fingerprint density at radius 3 is 2.62 bits per heavy atom. The lowest BCUT2D eigenvalue weighted by atomic mass is 9.90. The first kappa shape index (κ1) is 19.1. The first-order chi connectivity index (χ1) is 12.4. The number of aliphatic hydroxyl groups is 1. The summed E-state index contributed by atoms with van der Waals surface area (Å²) in [6, 6.07) is 4.22. The quantitative estimate of drug-likeness (QED) is 0.699. The van der Waals surface area contributed by atoms with E-state index in [1.165, 1.54) is 18.2 Å². The topological polar surface area (TPSA) is 81.7 Å². The van der Waals surface area contributed by atoms with Crippen molar-refractivity contribution in [1.82, 2.24) is 10.2 Å². The van der Waals surface area contributed by atoms with Gasteiger partial charge in [0, 0.05) is 11.1 Å². The van der Waals surface area contributed by atoms with E-state index >= 15 is 0 Å².